The normalized spacial score (nSPS) is 10.4. The van der Waals surface area contributed by atoms with Gasteiger partial charge in [-0.15, -0.1) is 0 Å². The van der Waals surface area contributed by atoms with E-state index in [1.165, 1.54) is 0 Å². The number of nitrogens with zero attached hydrogens (tertiary/aromatic N) is 1. The predicted octanol–water partition coefficient (Wildman–Crippen LogP) is 3.59. The molecule has 24 heavy (non-hydrogen) atoms. The molecule has 1 aromatic heterocycles. The van der Waals surface area contributed by atoms with Crippen molar-refractivity contribution in [3.8, 4) is 17.1 Å². The summed E-state index contributed by atoms with van der Waals surface area (Å²) in [6, 6.07) is 16.8. The Labute approximate surface area is 140 Å². The zero-order chi connectivity index (χ0) is 16.9. The summed E-state index contributed by atoms with van der Waals surface area (Å²) in [7, 11) is 1.62. The Morgan fingerprint density at radius 2 is 1.96 bits per heavy atom. The van der Waals surface area contributed by atoms with Gasteiger partial charge in [-0.3, -0.25) is 4.79 Å². The molecule has 3 rings (SSSR count). The highest BCUT2D eigenvalue weighted by atomic mass is 16.5. The first kappa shape index (κ1) is 15.8. The van der Waals surface area contributed by atoms with Crippen LogP contribution in [0.5, 0.6) is 5.75 Å². The fraction of sp³-hybridized carbons (Fsp3) is 0.158. The smallest absolute Gasteiger partial charge is 0.251 e. The molecule has 122 valence electrons. The molecule has 5 nitrogen and oxygen atoms in total. The number of nitrogens with one attached hydrogen (secondary N) is 1. The number of methoxy groups -OCH3 is 1. The Morgan fingerprint density at radius 3 is 2.71 bits per heavy atom. The SMILES string of the molecule is COc1cccc(-c2cc(CNC(=O)c3ccc(C)cc3)no2)c1. The van der Waals surface area contributed by atoms with Crippen LogP contribution in [0.15, 0.2) is 59.1 Å². The lowest BCUT2D eigenvalue weighted by molar-refractivity contribution is 0.0950. The minimum absolute atomic E-state index is 0.138. The van der Waals surface area contributed by atoms with Crippen LogP contribution in [0.25, 0.3) is 11.3 Å². The van der Waals surface area contributed by atoms with E-state index in [0.717, 1.165) is 16.9 Å². The summed E-state index contributed by atoms with van der Waals surface area (Å²) >= 11 is 0. The maximum absolute atomic E-state index is 12.1. The summed E-state index contributed by atoms with van der Waals surface area (Å²) in [6.07, 6.45) is 0. The van der Waals surface area contributed by atoms with Gasteiger partial charge in [0.25, 0.3) is 5.91 Å². The molecule has 0 unspecified atom stereocenters. The molecule has 1 heterocycles. The van der Waals surface area contributed by atoms with Gasteiger partial charge in [0.05, 0.1) is 13.7 Å². The van der Waals surface area contributed by atoms with Gasteiger partial charge >= 0.3 is 0 Å². The third kappa shape index (κ3) is 3.63. The summed E-state index contributed by atoms with van der Waals surface area (Å²) < 4.78 is 10.5. The molecule has 0 saturated carbocycles. The number of amides is 1. The minimum atomic E-state index is -0.138. The maximum Gasteiger partial charge on any atom is 0.251 e. The van der Waals surface area contributed by atoms with Crippen LogP contribution in [0, 0.1) is 6.92 Å². The molecule has 1 amide bonds. The molecule has 0 aliphatic carbocycles. The monoisotopic (exact) mass is 322 g/mol. The molecule has 0 spiro atoms. The quantitative estimate of drug-likeness (QED) is 0.779. The molecule has 0 fully saturated rings. The highest BCUT2D eigenvalue weighted by Gasteiger charge is 2.10. The van der Waals surface area contributed by atoms with Crippen molar-refractivity contribution >= 4 is 5.91 Å². The molecule has 0 aliphatic heterocycles. The van der Waals surface area contributed by atoms with Crippen molar-refractivity contribution < 1.29 is 14.1 Å². The van der Waals surface area contributed by atoms with Crippen molar-refractivity contribution in [3.63, 3.8) is 0 Å². The van der Waals surface area contributed by atoms with Gasteiger partial charge in [0.15, 0.2) is 5.76 Å². The average molecular weight is 322 g/mol. The summed E-state index contributed by atoms with van der Waals surface area (Å²) in [4.78, 5) is 12.1. The number of ether oxygens (including phenoxy) is 1. The van der Waals surface area contributed by atoms with Crippen molar-refractivity contribution in [3.05, 3.63) is 71.4 Å². The summed E-state index contributed by atoms with van der Waals surface area (Å²) in [5.41, 5.74) is 3.27. The molecule has 0 bridgehead atoms. The van der Waals surface area contributed by atoms with E-state index in [9.17, 15) is 4.79 Å². The Balaban J connectivity index is 1.65. The lowest BCUT2D eigenvalue weighted by atomic mass is 10.1. The molecule has 0 saturated heterocycles. The van der Waals surface area contributed by atoms with E-state index >= 15 is 0 Å². The lowest BCUT2D eigenvalue weighted by Crippen LogP contribution is -2.22. The van der Waals surface area contributed by atoms with Crippen molar-refractivity contribution in [2.75, 3.05) is 7.11 Å². The fourth-order valence-corrected chi connectivity index (χ4v) is 2.29. The fourth-order valence-electron chi connectivity index (χ4n) is 2.29. The second-order valence-corrected chi connectivity index (χ2v) is 5.46. The van der Waals surface area contributed by atoms with Gasteiger partial charge in [0, 0.05) is 17.2 Å². The first-order valence-electron chi connectivity index (χ1n) is 7.60. The third-order valence-electron chi connectivity index (χ3n) is 3.66. The predicted molar refractivity (Wildman–Crippen MR) is 90.8 cm³/mol. The highest BCUT2D eigenvalue weighted by molar-refractivity contribution is 5.94. The number of carbonyl (C=O) groups is 1. The minimum Gasteiger partial charge on any atom is -0.497 e. The van der Waals surface area contributed by atoms with Gasteiger partial charge in [-0.1, -0.05) is 35.0 Å². The van der Waals surface area contributed by atoms with E-state index < -0.39 is 0 Å². The van der Waals surface area contributed by atoms with Gasteiger partial charge in [0.1, 0.15) is 11.4 Å². The van der Waals surface area contributed by atoms with Crippen molar-refractivity contribution in [1.29, 1.82) is 0 Å². The number of rotatable bonds is 5. The van der Waals surface area contributed by atoms with E-state index in [1.807, 2.05) is 49.4 Å². The molecule has 1 N–H and O–H groups in total. The van der Waals surface area contributed by atoms with Crippen LogP contribution in [0.2, 0.25) is 0 Å². The molecule has 0 radical (unpaired) electrons. The number of aromatic nitrogens is 1. The highest BCUT2D eigenvalue weighted by Crippen LogP contribution is 2.24. The first-order chi connectivity index (χ1) is 11.7. The zero-order valence-corrected chi connectivity index (χ0v) is 13.6. The molecular formula is C19H18N2O3. The van der Waals surface area contributed by atoms with Crippen LogP contribution < -0.4 is 10.1 Å². The van der Waals surface area contributed by atoms with Gasteiger partial charge in [0.2, 0.25) is 0 Å². The molecule has 5 heteroatoms. The van der Waals surface area contributed by atoms with E-state index in [0.29, 0.717) is 23.6 Å². The van der Waals surface area contributed by atoms with E-state index in [1.54, 1.807) is 19.2 Å². The summed E-state index contributed by atoms with van der Waals surface area (Å²) in [5, 5.41) is 6.83. The van der Waals surface area contributed by atoms with Crippen LogP contribution in [0.3, 0.4) is 0 Å². The second-order valence-electron chi connectivity index (χ2n) is 5.46. The summed E-state index contributed by atoms with van der Waals surface area (Å²) in [5.74, 6) is 1.24. The molecule has 0 atom stereocenters. The van der Waals surface area contributed by atoms with Crippen molar-refractivity contribution in [1.82, 2.24) is 10.5 Å². The topological polar surface area (TPSA) is 64.4 Å². The second kappa shape index (κ2) is 7.00. The average Bonchev–Trinajstić information content (AvgIpc) is 3.09. The van der Waals surface area contributed by atoms with Gasteiger partial charge in [-0.05, 0) is 31.2 Å². The Bertz CT molecular complexity index is 838. The Morgan fingerprint density at radius 1 is 1.17 bits per heavy atom. The molecule has 3 aromatic rings. The number of benzene rings is 2. The lowest BCUT2D eigenvalue weighted by Gasteiger charge is -2.03. The third-order valence-corrected chi connectivity index (χ3v) is 3.66. The van der Waals surface area contributed by atoms with Gasteiger partial charge < -0.3 is 14.6 Å². The molecule has 2 aromatic carbocycles. The Kier molecular flexibility index (Phi) is 4.61. The van der Waals surface area contributed by atoms with Gasteiger partial charge in [-0.2, -0.15) is 0 Å². The van der Waals surface area contributed by atoms with Crippen LogP contribution in [-0.4, -0.2) is 18.2 Å². The van der Waals surface area contributed by atoms with E-state index in [4.69, 9.17) is 9.26 Å². The summed E-state index contributed by atoms with van der Waals surface area (Å²) in [6.45, 7) is 2.29. The van der Waals surface area contributed by atoms with Crippen LogP contribution in [0.1, 0.15) is 21.6 Å². The number of aryl methyl sites for hydroxylation is 1. The maximum atomic E-state index is 12.1. The van der Waals surface area contributed by atoms with E-state index in [-0.39, 0.29) is 5.91 Å². The number of carbonyl (C=O) groups excluding carboxylic acids is 1. The Hall–Kier alpha value is -3.08. The zero-order valence-electron chi connectivity index (χ0n) is 13.6. The van der Waals surface area contributed by atoms with E-state index in [2.05, 4.69) is 10.5 Å². The van der Waals surface area contributed by atoms with Crippen LogP contribution in [-0.2, 0) is 6.54 Å². The van der Waals surface area contributed by atoms with Crippen LogP contribution in [0.4, 0.5) is 0 Å². The standard InChI is InChI=1S/C19H18N2O3/c1-13-6-8-14(9-7-13)19(22)20-12-16-11-18(24-21-16)15-4-3-5-17(10-15)23-2/h3-11H,12H2,1-2H3,(H,20,22). The largest absolute Gasteiger partial charge is 0.497 e. The molecule has 0 aliphatic rings. The van der Waals surface area contributed by atoms with Crippen LogP contribution >= 0.6 is 0 Å². The first-order valence-corrected chi connectivity index (χ1v) is 7.60. The number of hydrogen-bond acceptors (Lipinski definition) is 4. The number of hydrogen-bond donors (Lipinski definition) is 1. The van der Waals surface area contributed by atoms with Crippen molar-refractivity contribution in [2.24, 2.45) is 0 Å². The van der Waals surface area contributed by atoms with Gasteiger partial charge in [-0.25, -0.2) is 0 Å². The molecular weight excluding hydrogens is 304 g/mol. The van der Waals surface area contributed by atoms with Crippen molar-refractivity contribution in [2.45, 2.75) is 13.5 Å².